The Balaban J connectivity index is 2.51. The number of fused-ring (bicyclic) bond motifs is 1. The fourth-order valence-corrected chi connectivity index (χ4v) is 2.36. The summed E-state index contributed by atoms with van der Waals surface area (Å²) in [6.07, 6.45) is 0. The van der Waals surface area contributed by atoms with E-state index in [1.807, 2.05) is 6.07 Å². The second-order valence-electron chi connectivity index (χ2n) is 5.78. The van der Waals surface area contributed by atoms with Crippen molar-refractivity contribution in [3.63, 3.8) is 0 Å². The topological polar surface area (TPSA) is 27.1 Å². The molecule has 0 aliphatic rings. The lowest BCUT2D eigenvalue weighted by atomic mass is 9.96. The highest BCUT2D eigenvalue weighted by Gasteiger charge is 2.22. The maximum absolute atomic E-state index is 5.85. The van der Waals surface area contributed by atoms with Gasteiger partial charge in [-0.05, 0) is 25.2 Å². The van der Waals surface area contributed by atoms with Gasteiger partial charge in [0.1, 0.15) is 12.6 Å². The van der Waals surface area contributed by atoms with Crippen LogP contribution in [0, 0.1) is 0 Å². The van der Waals surface area contributed by atoms with Gasteiger partial charge in [0.05, 0.1) is 11.0 Å². The molecule has 97 valence electrons. The summed E-state index contributed by atoms with van der Waals surface area (Å²) in [4.78, 5) is 4.76. The minimum Gasteiger partial charge on any atom is -0.400 e. The first-order valence-electron chi connectivity index (χ1n) is 6.28. The van der Waals surface area contributed by atoms with Crippen LogP contribution in [-0.2, 0) is 16.6 Å². The number of aromatic nitrogens is 2. The van der Waals surface area contributed by atoms with Crippen molar-refractivity contribution in [3.05, 3.63) is 30.1 Å². The maximum atomic E-state index is 5.85. The van der Waals surface area contributed by atoms with Crippen LogP contribution in [0.1, 0.15) is 26.6 Å². The van der Waals surface area contributed by atoms with E-state index in [1.54, 1.807) is 0 Å². The molecular weight excluding hydrogens is 240 g/mol. The summed E-state index contributed by atoms with van der Waals surface area (Å²) in [6.45, 7) is 11.5. The lowest BCUT2D eigenvalue weighted by molar-refractivity contribution is 0.235. The Kier molecular flexibility index (Phi) is 3.59. The quantitative estimate of drug-likeness (QED) is 0.790. The van der Waals surface area contributed by atoms with E-state index in [1.165, 1.54) is 0 Å². The zero-order valence-electron chi connectivity index (χ0n) is 11.8. The number of hydrogen-bond acceptors (Lipinski definition) is 2. The van der Waals surface area contributed by atoms with E-state index in [4.69, 9.17) is 9.41 Å². The van der Waals surface area contributed by atoms with Gasteiger partial charge in [-0.3, -0.25) is 0 Å². The van der Waals surface area contributed by atoms with E-state index in [0.717, 1.165) is 16.9 Å². The molecule has 0 atom stereocenters. The standard InChI is InChI=1S/C14H21N2OSi/c1-14(2,3)13-15-11-8-6-7-9-12(11)16(13)10-17-18(4)5/h6-9H,10H2,1-5H3. The number of hydrogen-bond donors (Lipinski definition) is 0. The molecule has 3 nitrogen and oxygen atoms in total. The summed E-state index contributed by atoms with van der Waals surface area (Å²) < 4.78 is 8.06. The van der Waals surface area contributed by atoms with E-state index >= 15 is 0 Å². The zero-order chi connectivity index (χ0) is 13.3. The molecular formula is C14H21N2OSi. The smallest absolute Gasteiger partial charge is 0.207 e. The highest BCUT2D eigenvalue weighted by Crippen LogP contribution is 2.26. The van der Waals surface area contributed by atoms with Gasteiger partial charge in [-0.25, -0.2) is 4.98 Å². The molecule has 1 aromatic carbocycles. The highest BCUT2D eigenvalue weighted by atomic mass is 28.3. The van der Waals surface area contributed by atoms with Crippen LogP contribution in [0.5, 0.6) is 0 Å². The van der Waals surface area contributed by atoms with Gasteiger partial charge in [-0.15, -0.1) is 0 Å². The Hall–Kier alpha value is -1.13. The van der Waals surface area contributed by atoms with Crippen LogP contribution in [0.3, 0.4) is 0 Å². The van der Waals surface area contributed by atoms with Crippen LogP contribution in [0.2, 0.25) is 13.1 Å². The van der Waals surface area contributed by atoms with E-state index in [2.05, 4.69) is 56.6 Å². The first kappa shape index (κ1) is 13.3. The van der Waals surface area contributed by atoms with Crippen molar-refractivity contribution in [2.45, 2.75) is 46.0 Å². The van der Waals surface area contributed by atoms with Crippen molar-refractivity contribution in [2.75, 3.05) is 0 Å². The van der Waals surface area contributed by atoms with Gasteiger partial charge >= 0.3 is 0 Å². The predicted molar refractivity (Wildman–Crippen MR) is 77.0 cm³/mol. The molecule has 0 spiro atoms. The Morgan fingerprint density at radius 2 is 1.89 bits per heavy atom. The second-order valence-corrected chi connectivity index (χ2v) is 7.89. The summed E-state index contributed by atoms with van der Waals surface area (Å²) in [7, 11) is -0.688. The third-order valence-electron chi connectivity index (χ3n) is 2.81. The van der Waals surface area contributed by atoms with Gasteiger partial charge in [0.2, 0.25) is 9.04 Å². The molecule has 0 aliphatic heterocycles. The van der Waals surface area contributed by atoms with Gasteiger partial charge in [0, 0.05) is 5.41 Å². The van der Waals surface area contributed by atoms with Crippen LogP contribution >= 0.6 is 0 Å². The minimum atomic E-state index is -0.688. The summed E-state index contributed by atoms with van der Waals surface area (Å²) >= 11 is 0. The number of rotatable bonds is 3. The Morgan fingerprint density at radius 3 is 2.50 bits per heavy atom. The maximum Gasteiger partial charge on any atom is 0.207 e. The Morgan fingerprint density at radius 1 is 1.22 bits per heavy atom. The Labute approximate surface area is 111 Å². The van der Waals surface area contributed by atoms with Crippen molar-refractivity contribution < 1.29 is 4.43 Å². The van der Waals surface area contributed by atoms with Gasteiger partial charge < -0.3 is 8.99 Å². The van der Waals surface area contributed by atoms with Gasteiger partial charge in [0.25, 0.3) is 0 Å². The zero-order valence-corrected chi connectivity index (χ0v) is 12.8. The lowest BCUT2D eigenvalue weighted by Crippen LogP contribution is -2.21. The monoisotopic (exact) mass is 261 g/mol. The molecule has 4 heteroatoms. The van der Waals surface area contributed by atoms with Crippen molar-refractivity contribution in [1.82, 2.24) is 9.55 Å². The summed E-state index contributed by atoms with van der Waals surface area (Å²) in [5, 5.41) is 0. The van der Waals surface area contributed by atoms with Crippen LogP contribution < -0.4 is 0 Å². The van der Waals surface area contributed by atoms with Gasteiger partial charge in [-0.2, -0.15) is 0 Å². The van der Waals surface area contributed by atoms with Crippen molar-refractivity contribution in [3.8, 4) is 0 Å². The van der Waals surface area contributed by atoms with Crippen LogP contribution in [0.25, 0.3) is 11.0 Å². The van der Waals surface area contributed by atoms with Crippen molar-refractivity contribution >= 4 is 20.1 Å². The number of imidazole rings is 1. The molecule has 0 saturated carbocycles. The summed E-state index contributed by atoms with van der Waals surface area (Å²) in [6, 6.07) is 8.25. The van der Waals surface area contributed by atoms with Crippen molar-refractivity contribution in [2.24, 2.45) is 0 Å². The second kappa shape index (κ2) is 4.86. The molecule has 0 N–H and O–H groups in total. The third kappa shape index (κ3) is 2.65. The highest BCUT2D eigenvalue weighted by molar-refractivity contribution is 6.48. The van der Waals surface area contributed by atoms with Crippen LogP contribution in [-0.4, -0.2) is 18.6 Å². The molecule has 0 unspecified atom stereocenters. The molecule has 0 amide bonds. The lowest BCUT2D eigenvalue weighted by Gasteiger charge is -2.20. The minimum absolute atomic E-state index is 0.0246. The average molecular weight is 261 g/mol. The first-order valence-corrected chi connectivity index (χ1v) is 8.69. The first-order chi connectivity index (χ1) is 8.39. The van der Waals surface area contributed by atoms with Gasteiger partial charge in [-0.1, -0.05) is 32.9 Å². The normalized spacial score (nSPS) is 12.6. The predicted octanol–water partition coefficient (Wildman–Crippen LogP) is 3.56. The van der Waals surface area contributed by atoms with Crippen molar-refractivity contribution in [1.29, 1.82) is 0 Å². The summed E-state index contributed by atoms with van der Waals surface area (Å²) in [5.74, 6) is 1.09. The Bertz CT molecular complexity index is 540. The number of nitrogens with zero attached hydrogens (tertiary/aromatic N) is 2. The van der Waals surface area contributed by atoms with E-state index < -0.39 is 9.04 Å². The molecule has 0 bridgehead atoms. The fraction of sp³-hybridized carbons (Fsp3) is 0.500. The molecule has 0 saturated heterocycles. The fourth-order valence-electron chi connectivity index (χ4n) is 1.97. The molecule has 1 aromatic heterocycles. The number of benzene rings is 1. The summed E-state index contributed by atoms with van der Waals surface area (Å²) in [5.41, 5.74) is 2.23. The molecule has 1 heterocycles. The van der Waals surface area contributed by atoms with Crippen LogP contribution in [0.4, 0.5) is 0 Å². The van der Waals surface area contributed by atoms with Gasteiger partial charge in [0.15, 0.2) is 0 Å². The van der Waals surface area contributed by atoms with Crippen LogP contribution in [0.15, 0.2) is 24.3 Å². The van der Waals surface area contributed by atoms with E-state index in [9.17, 15) is 0 Å². The SMILES string of the molecule is C[Si](C)OCn1c(C(C)(C)C)nc2ccccc21. The van der Waals surface area contributed by atoms with E-state index in [0.29, 0.717) is 6.73 Å². The van der Waals surface area contributed by atoms with E-state index in [-0.39, 0.29) is 5.41 Å². The molecule has 2 rings (SSSR count). The molecule has 0 aliphatic carbocycles. The largest absolute Gasteiger partial charge is 0.400 e. The molecule has 2 aromatic rings. The number of para-hydroxylation sites is 2. The molecule has 0 fully saturated rings. The average Bonchev–Trinajstić information content (AvgIpc) is 2.64. The third-order valence-corrected chi connectivity index (χ3v) is 3.51. The molecule has 1 radical (unpaired) electrons. The molecule has 18 heavy (non-hydrogen) atoms.